The van der Waals surface area contributed by atoms with Crippen LogP contribution in [-0.2, 0) is 0 Å². The number of thioether (sulfide) groups is 2. The lowest BCUT2D eigenvalue weighted by Gasteiger charge is -2.39. The first-order chi connectivity index (χ1) is 13.7. The van der Waals surface area contributed by atoms with Crippen molar-refractivity contribution in [3.8, 4) is 0 Å². The first-order valence-corrected chi connectivity index (χ1v) is 13.0. The summed E-state index contributed by atoms with van der Waals surface area (Å²) >= 11 is 3.45. The highest BCUT2D eigenvalue weighted by molar-refractivity contribution is 8.21. The van der Waals surface area contributed by atoms with E-state index in [-0.39, 0.29) is 0 Å². The van der Waals surface area contributed by atoms with Gasteiger partial charge in [-0.25, -0.2) is 15.0 Å². The van der Waals surface area contributed by atoms with Crippen LogP contribution in [-0.4, -0.2) is 45.6 Å². The molecule has 1 aromatic rings. The molecule has 0 amide bonds. The van der Waals surface area contributed by atoms with E-state index in [1.54, 1.807) is 23.5 Å². The van der Waals surface area contributed by atoms with Gasteiger partial charge in [0.05, 0.1) is 26.2 Å². The molecule has 0 N–H and O–H groups in total. The fraction of sp³-hybridized carbons (Fsp3) is 0.773. The van der Waals surface area contributed by atoms with Gasteiger partial charge in [0, 0.05) is 0 Å². The Hall–Kier alpha value is -0.590. The summed E-state index contributed by atoms with van der Waals surface area (Å²) in [6.45, 7) is 15.0. The van der Waals surface area contributed by atoms with Crippen molar-refractivity contribution in [2.75, 3.05) is 26.2 Å². The van der Waals surface area contributed by atoms with Crippen molar-refractivity contribution in [3.05, 3.63) is 29.3 Å². The molecule has 0 atom stereocenters. The Morgan fingerprint density at radius 3 is 1.46 bits per heavy atom. The van der Waals surface area contributed by atoms with Crippen molar-refractivity contribution < 1.29 is 4.48 Å². The van der Waals surface area contributed by atoms with Crippen LogP contribution in [0.2, 0.25) is 0 Å². The SMILES string of the molecule is C1=CSC(c2ncncn2)S1.CCCC[N+](CCCC)(CCCC)CCCC. The second kappa shape index (κ2) is 16.2. The molecule has 160 valence electrons. The molecule has 0 aromatic carbocycles. The summed E-state index contributed by atoms with van der Waals surface area (Å²) in [4.78, 5) is 11.9. The van der Waals surface area contributed by atoms with E-state index in [4.69, 9.17) is 0 Å². The Morgan fingerprint density at radius 1 is 0.714 bits per heavy atom. The van der Waals surface area contributed by atoms with Crippen molar-refractivity contribution in [2.24, 2.45) is 0 Å². The Morgan fingerprint density at radius 2 is 1.11 bits per heavy atom. The van der Waals surface area contributed by atoms with Crippen LogP contribution >= 0.6 is 23.5 Å². The van der Waals surface area contributed by atoms with Crippen LogP contribution in [0.3, 0.4) is 0 Å². The lowest BCUT2D eigenvalue weighted by Crippen LogP contribution is -2.50. The molecule has 0 unspecified atom stereocenters. The summed E-state index contributed by atoms with van der Waals surface area (Å²) in [5.74, 6) is 0.847. The van der Waals surface area contributed by atoms with E-state index in [9.17, 15) is 0 Å². The van der Waals surface area contributed by atoms with Crippen LogP contribution in [0.15, 0.2) is 23.5 Å². The van der Waals surface area contributed by atoms with Gasteiger partial charge in [-0.3, -0.25) is 0 Å². The Labute approximate surface area is 182 Å². The zero-order valence-electron chi connectivity index (χ0n) is 18.5. The van der Waals surface area contributed by atoms with Crippen molar-refractivity contribution >= 4 is 23.5 Å². The number of quaternary nitrogens is 1. The van der Waals surface area contributed by atoms with Gasteiger partial charge in [0.2, 0.25) is 0 Å². The third kappa shape index (κ3) is 10.3. The van der Waals surface area contributed by atoms with Gasteiger partial charge in [0.25, 0.3) is 0 Å². The zero-order valence-corrected chi connectivity index (χ0v) is 20.1. The van der Waals surface area contributed by atoms with Gasteiger partial charge in [-0.1, -0.05) is 53.4 Å². The van der Waals surface area contributed by atoms with Crippen molar-refractivity contribution in [2.45, 2.75) is 83.6 Å². The predicted octanol–water partition coefficient (Wildman–Crippen LogP) is 6.83. The second-order valence-electron chi connectivity index (χ2n) is 7.52. The molecule has 6 heteroatoms. The molecule has 0 fully saturated rings. The Bertz CT molecular complexity index is 465. The third-order valence-electron chi connectivity index (χ3n) is 5.13. The van der Waals surface area contributed by atoms with Crippen molar-refractivity contribution in [3.63, 3.8) is 0 Å². The molecule has 0 spiro atoms. The number of nitrogens with zero attached hydrogens (tertiary/aromatic N) is 4. The van der Waals surface area contributed by atoms with E-state index in [1.165, 1.54) is 94.7 Å². The third-order valence-corrected chi connectivity index (χ3v) is 7.47. The molecule has 1 aliphatic heterocycles. The van der Waals surface area contributed by atoms with Crippen molar-refractivity contribution in [1.29, 1.82) is 0 Å². The van der Waals surface area contributed by atoms with Gasteiger partial charge < -0.3 is 4.48 Å². The van der Waals surface area contributed by atoms with E-state index >= 15 is 0 Å². The number of aromatic nitrogens is 3. The minimum atomic E-state index is 0.331. The number of hydrogen-bond donors (Lipinski definition) is 0. The zero-order chi connectivity index (χ0) is 20.5. The van der Waals surface area contributed by atoms with Crippen LogP contribution < -0.4 is 0 Å². The van der Waals surface area contributed by atoms with E-state index in [1.807, 2.05) is 0 Å². The van der Waals surface area contributed by atoms with E-state index in [2.05, 4.69) is 53.5 Å². The Kier molecular flexibility index (Phi) is 14.8. The minimum absolute atomic E-state index is 0.331. The average Bonchev–Trinajstić information content (AvgIpc) is 3.29. The van der Waals surface area contributed by atoms with Crippen molar-refractivity contribution in [1.82, 2.24) is 15.0 Å². The van der Waals surface area contributed by atoms with Gasteiger partial charge >= 0.3 is 0 Å². The van der Waals surface area contributed by atoms with Gasteiger partial charge in [0.1, 0.15) is 17.2 Å². The van der Waals surface area contributed by atoms with Crippen LogP contribution in [0.5, 0.6) is 0 Å². The van der Waals surface area contributed by atoms with Crippen LogP contribution in [0.1, 0.15) is 89.5 Å². The molecule has 1 aromatic heterocycles. The molecular weight excluding hydrogens is 384 g/mol. The first-order valence-electron chi connectivity index (χ1n) is 11.1. The molecule has 0 radical (unpaired) electrons. The summed E-state index contributed by atoms with van der Waals surface area (Å²) in [6.07, 6.45) is 14.1. The number of rotatable bonds is 13. The summed E-state index contributed by atoms with van der Waals surface area (Å²) in [5, 5.41) is 4.11. The highest BCUT2D eigenvalue weighted by atomic mass is 32.2. The second-order valence-corrected chi connectivity index (χ2v) is 9.85. The van der Waals surface area contributed by atoms with Gasteiger partial charge in [-0.05, 0) is 36.5 Å². The monoisotopic (exact) mass is 425 g/mol. The standard InChI is InChI=1S/C16H36N.C6H5N3S2/c1-5-9-13-17(14-10-6-2,15-11-7-3)16-12-8-4;1-2-11-6(10-1)5-8-3-7-4-9-5/h5-16H2,1-4H3;1-4,6H/q+1;. The van der Waals surface area contributed by atoms with E-state index < -0.39 is 0 Å². The number of unbranched alkanes of at least 4 members (excludes halogenated alkanes) is 4. The maximum Gasteiger partial charge on any atom is 0.155 e. The van der Waals surface area contributed by atoms with Gasteiger partial charge in [-0.2, -0.15) is 0 Å². The van der Waals surface area contributed by atoms with E-state index in [0.29, 0.717) is 4.58 Å². The lowest BCUT2D eigenvalue weighted by molar-refractivity contribution is -0.929. The smallest absolute Gasteiger partial charge is 0.155 e. The molecule has 1 aliphatic rings. The topological polar surface area (TPSA) is 38.7 Å². The molecule has 0 saturated heterocycles. The summed E-state index contributed by atoms with van der Waals surface area (Å²) in [5.41, 5.74) is 0. The van der Waals surface area contributed by atoms with Crippen LogP contribution in [0.4, 0.5) is 0 Å². The number of hydrogen-bond acceptors (Lipinski definition) is 5. The lowest BCUT2D eigenvalue weighted by atomic mass is 10.1. The average molecular weight is 426 g/mol. The quantitative estimate of drug-likeness (QED) is 0.324. The molecule has 0 bridgehead atoms. The molecule has 2 rings (SSSR count). The minimum Gasteiger partial charge on any atom is -0.324 e. The molecule has 0 aliphatic carbocycles. The fourth-order valence-electron chi connectivity index (χ4n) is 3.38. The largest absolute Gasteiger partial charge is 0.324 e. The Balaban J connectivity index is 0.000000302. The molecule has 2 heterocycles. The first kappa shape index (κ1) is 25.4. The summed E-state index contributed by atoms with van der Waals surface area (Å²) < 4.78 is 1.75. The molecule has 4 nitrogen and oxygen atoms in total. The summed E-state index contributed by atoms with van der Waals surface area (Å²) in [7, 11) is 0. The van der Waals surface area contributed by atoms with Gasteiger partial charge in [0.15, 0.2) is 5.82 Å². The maximum absolute atomic E-state index is 4.06. The highest BCUT2D eigenvalue weighted by Crippen LogP contribution is 2.44. The normalized spacial score (nSPS) is 14.1. The summed E-state index contributed by atoms with van der Waals surface area (Å²) in [6, 6.07) is 0. The maximum atomic E-state index is 4.06. The molecule has 0 saturated carbocycles. The molecule has 28 heavy (non-hydrogen) atoms. The van der Waals surface area contributed by atoms with Gasteiger partial charge in [-0.15, -0.1) is 23.5 Å². The fourth-order valence-corrected chi connectivity index (χ4v) is 5.30. The predicted molar refractivity (Wildman–Crippen MR) is 126 cm³/mol. The molecular formula is C22H41N4S2+. The van der Waals surface area contributed by atoms with Crippen LogP contribution in [0, 0.1) is 0 Å². The van der Waals surface area contributed by atoms with E-state index in [0.717, 1.165) is 5.82 Å². The van der Waals surface area contributed by atoms with Crippen LogP contribution in [0.25, 0.3) is 0 Å². The highest BCUT2D eigenvalue weighted by Gasteiger charge is 2.24.